The monoisotopic (exact) mass is 210 g/mol. The fourth-order valence-electron chi connectivity index (χ4n) is 1.48. The van der Waals surface area contributed by atoms with Crippen LogP contribution < -0.4 is 0 Å². The molecule has 0 saturated carbocycles. The molecular weight excluding hydrogens is 196 g/mol. The average molecular weight is 210 g/mol. The van der Waals surface area contributed by atoms with Gasteiger partial charge in [0.05, 0.1) is 18.8 Å². The van der Waals surface area contributed by atoms with Crippen LogP contribution in [0.4, 0.5) is 0 Å². The Morgan fingerprint density at radius 2 is 1.67 bits per heavy atom. The van der Waals surface area contributed by atoms with Gasteiger partial charge in [-0.3, -0.25) is 0 Å². The second kappa shape index (κ2) is 5.48. The van der Waals surface area contributed by atoms with Crippen LogP contribution in [0.2, 0.25) is 0 Å². The summed E-state index contributed by atoms with van der Waals surface area (Å²) in [5, 5.41) is 9.09. The number of hydrogen-bond acceptors (Lipinski definition) is 3. The zero-order valence-electron chi connectivity index (χ0n) is 8.82. The summed E-state index contributed by atoms with van der Waals surface area (Å²) in [6, 6.07) is 5.29. The van der Waals surface area contributed by atoms with Crippen molar-refractivity contribution in [2.75, 3.05) is 14.2 Å². The summed E-state index contributed by atoms with van der Waals surface area (Å²) in [6.07, 6.45) is 0. The standard InChI is InChI=1S/C11H14O4/c1-14-6-8-4-3-5-9(7-15-2)10(8)11(12)13/h3-5H,6-7H2,1-2H3,(H,12,13). The fraction of sp³-hybridized carbons (Fsp3) is 0.364. The SMILES string of the molecule is COCc1cccc(COC)c1C(=O)O. The number of hydrogen-bond donors (Lipinski definition) is 1. The topological polar surface area (TPSA) is 55.8 Å². The van der Waals surface area contributed by atoms with Gasteiger partial charge in [0.1, 0.15) is 0 Å². The maximum absolute atomic E-state index is 11.1. The Labute approximate surface area is 88.4 Å². The van der Waals surface area contributed by atoms with Gasteiger partial charge in [-0.1, -0.05) is 18.2 Å². The molecule has 0 aliphatic heterocycles. The van der Waals surface area contributed by atoms with E-state index in [9.17, 15) is 4.79 Å². The molecule has 0 heterocycles. The van der Waals surface area contributed by atoms with Gasteiger partial charge >= 0.3 is 5.97 Å². The Morgan fingerprint density at radius 3 is 2.00 bits per heavy atom. The van der Waals surface area contributed by atoms with Crippen molar-refractivity contribution in [3.63, 3.8) is 0 Å². The van der Waals surface area contributed by atoms with E-state index >= 15 is 0 Å². The molecule has 1 rings (SSSR count). The molecule has 1 aromatic rings. The Bertz CT molecular complexity index is 322. The summed E-state index contributed by atoms with van der Waals surface area (Å²) in [4.78, 5) is 11.1. The summed E-state index contributed by atoms with van der Waals surface area (Å²) >= 11 is 0. The lowest BCUT2D eigenvalue weighted by atomic mass is 10.0. The summed E-state index contributed by atoms with van der Waals surface area (Å²) in [5.41, 5.74) is 1.61. The van der Waals surface area contributed by atoms with Gasteiger partial charge in [-0.25, -0.2) is 4.79 Å². The fourth-order valence-corrected chi connectivity index (χ4v) is 1.48. The molecule has 0 atom stereocenters. The van der Waals surface area contributed by atoms with Gasteiger partial charge in [0.2, 0.25) is 0 Å². The minimum atomic E-state index is -0.949. The van der Waals surface area contributed by atoms with Crippen molar-refractivity contribution >= 4 is 5.97 Å². The van der Waals surface area contributed by atoms with Crippen molar-refractivity contribution in [3.8, 4) is 0 Å². The first-order valence-corrected chi connectivity index (χ1v) is 4.52. The minimum absolute atomic E-state index is 0.279. The number of ether oxygens (including phenoxy) is 2. The predicted molar refractivity (Wildman–Crippen MR) is 54.8 cm³/mol. The van der Waals surface area contributed by atoms with Gasteiger partial charge in [-0.05, 0) is 11.1 Å². The van der Waals surface area contributed by atoms with Crippen molar-refractivity contribution < 1.29 is 19.4 Å². The molecule has 0 amide bonds. The number of methoxy groups -OCH3 is 2. The maximum Gasteiger partial charge on any atom is 0.336 e. The van der Waals surface area contributed by atoms with Gasteiger partial charge in [0, 0.05) is 14.2 Å². The average Bonchev–Trinajstić information content (AvgIpc) is 2.18. The summed E-state index contributed by atoms with van der Waals surface area (Å²) in [5.74, 6) is -0.949. The van der Waals surface area contributed by atoms with Crippen LogP contribution >= 0.6 is 0 Å². The van der Waals surface area contributed by atoms with Crippen molar-refractivity contribution in [3.05, 3.63) is 34.9 Å². The van der Waals surface area contributed by atoms with Gasteiger partial charge in [-0.15, -0.1) is 0 Å². The third kappa shape index (κ3) is 2.78. The normalized spacial score (nSPS) is 10.3. The Kier molecular flexibility index (Phi) is 4.27. The molecular formula is C11H14O4. The molecule has 0 bridgehead atoms. The van der Waals surface area contributed by atoms with E-state index < -0.39 is 5.97 Å². The summed E-state index contributed by atoms with van der Waals surface area (Å²) in [6.45, 7) is 0.582. The molecule has 0 fully saturated rings. The first-order chi connectivity index (χ1) is 7.20. The van der Waals surface area contributed by atoms with Crippen molar-refractivity contribution in [2.45, 2.75) is 13.2 Å². The highest BCUT2D eigenvalue weighted by Crippen LogP contribution is 2.16. The quantitative estimate of drug-likeness (QED) is 0.803. The highest BCUT2D eigenvalue weighted by Gasteiger charge is 2.14. The zero-order chi connectivity index (χ0) is 11.3. The molecule has 1 aromatic carbocycles. The van der Waals surface area contributed by atoms with Gasteiger partial charge in [0.15, 0.2) is 0 Å². The molecule has 0 spiro atoms. The van der Waals surface area contributed by atoms with Crippen LogP contribution in [0.1, 0.15) is 21.5 Å². The maximum atomic E-state index is 11.1. The van der Waals surface area contributed by atoms with Crippen molar-refractivity contribution in [2.24, 2.45) is 0 Å². The lowest BCUT2D eigenvalue weighted by molar-refractivity contribution is 0.0686. The van der Waals surface area contributed by atoms with Crippen LogP contribution in [0.5, 0.6) is 0 Å². The Hall–Kier alpha value is -1.39. The van der Waals surface area contributed by atoms with E-state index in [2.05, 4.69) is 0 Å². The van der Waals surface area contributed by atoms with Crippen molar-refractivity contribution in [1.29, 1.82) is 0 Å². The van der Waals surface area contributed by atoms with Crippen LogP contribution in [-0.2, 0) is 22.7 Å². The van der Waals surface area contributed by atoms with E-state index in [0.717, 1.165) is 0 Å². The molecule has 0 aliphatic carbocycles. The largest absolute Gasteiger partial charge is 0.478 e. The lowest BCUT2D eigenvalue weighted by Gasteiger charge is -2.10. The third-order valence-corrected chi connectivity index (χ3v) is 2.05. The highest BCUT2D eigenvalue weighted by molar-refractivity contribution is 5.91. The smallest absolute Gasteiger partial charge is 0.336 e. The van der Waals surface area contributed by atoms with Gasteiger partial charge < -0.3 is 14.6 Å². The number of carboxylic acid groups (broad SMARTS) is 1. The van der Waals surface area contributed by atoms with Crippen LogP contribution in [0.3, 0.4) is 0 Å². The second-order valence-electron chi connectivity index (χ2n) is 3.12. The number of aromatic carboxylic acids is 1. The molecule has 0 radical (unpaired) electrons. The Balaban J connectivity index is 3.15. The van der Waals surface area contributed by atoms with E-state index in [4.69, 9.17) is 14.6 Å². The lowest BCUT2D eigenvalue weighted by Crippen LogP contribution is -2.08. The molecule has 0 saturated heterocycles. The number of benzene rings is 1. The summed E-state index contributed by atoms with van der Waals surface area (Å²) < 4.78 is 9.90. The third-order valence-electron chi connectivity index (χ3n) is 2.05. The molecule has 0 aromatic heterocycles. The molecule has 4 nitrogen and oxygen atoms in total. The molecule has 82 valence electrons. The number of carboxylic acids is 1. The highest BCUT2D eigenvalue weighted by atomic mass is 16.5. The second-order valence-corrected chi connectivity index (χ2v) is 3.12. The zero-order valence-corrected chi connectivity index (χ0v) is 8.82. The van der Waals surface area contributed by atoms with Crippen LogP contribution in [0.25, 0.3) is 0 Å². The van der Waals surface area contributed by atoms with Gasteiger partial charge in [-0.2, -0.15) is 0 Å². The van der Waals surface area contributed by atoms with Crippen LogP contribution in [0.15, 0.2) is 18.2 Å². The van der Waals surface area contributed by atoms with Crippen molar-refractivity contribution in [1.82, 2.24) is 0 Å². The predicted octanol–water partition coefficient (Wildman–Crippen LogP) is 1.68. The van der Waals surface area contributed by atoms with E-state index in [1.54, 1.807) is 18.2 Å². The summed E-state index contributed by atoms with van der Waals surface area (Å²) in [7, 11) is 3.07. The van der Waals surface area contributed by atoms with E-state index in [1.807, 2.05) is 0 Å². The molecule has 15 heavy (non-hydrogen) atoms. The minimum Gasteiger partial charge on any atom is -0.478 e. The van der Waals surface area contributed by atoms with E-state index in [0.29, 0.717) is 24.3 Å². The van der Waals surface area contributed by atoms with Crippen LogP contribution in [0, 0.1) is 0 Å². The van der Waals surface area contributed by atoms with E-state index in [1.165, 1.54) is 14.2 Å². The first kappa shape index (κ1) is 11.7. The van der Waals surface area contributed by atoms with Crippen LogP contribution in [-0.4, -0.2) is 25.3 Å². The molecule has 1 N–H and O–H groups in total. The number of rotatable bonds is 5. The number of carbonyl (C=O) groups is 1. The van der Waals surface area contributed by atoms with Gasteiger partial charge in [0.25, 0.3) is 0 Å². The van der Waals surface area contributed by atoms with E-state index in [-0.39, 0.29) is 5.56 Å². The molecule has 0 unspecified atom stereocenters. The molecule has 0 aliphatic rings. The first-order valence-electron chi connectivity index (χ1n) is 4.52. The molecule has 4 heteroatoms. The Morgan fingerprint density at radius 1 is 1.20 bits per heavy atom.